The number of piperidine rings is 2. The average Bonchev–Trinajstić information content (AvgIpc) is 3.26. The molecule has 3 heterocycles. The number of benzene rings is 1. The summed E-state index contributed by atoms with van der Waals surface area (Å²) in [5.41, 5.74) is 2.82. The number of rotatable bonds is 7. The summed E-state index contributed by atoms with van der Waals surface area (Å²) < 4.78 is 38.1. The zero-order valence-corrected chi connectivity index (χ0v) is 27.0. The van der Waals surface area contributed by atoms with Crippen LogP contribution in [0.3, 0.4) is 0 Å². The summed E-state index contributed by atoms with van der Waals surface area (Å²) in [6.45, 7) is 10.9. The molecule has 3 aliphatic heterocycles. The van der Waals surface area contributed by atoms with Gasteiger partial charge in [0.15, 0.2) is 0 Å². The van der Waals surface area contributed by atoms with Crippen molar-refractivity contribution in [2.24, 2.45) is 5.92 Å². The van der Waals surface area contributed by atoms with Crippen molar-refractivity contribution in [1.29, 1.82) is 0 Å². The topological polar surface area (TPSA) is 90.4 Å². The highest BCUT2D eigenvalue weighted by atomic mass is 19.4. The summed E-state index contributed by atoms with van der Waals surface area (Å²) in [5.74, 6) is -1.93. The fourth-order valence-corrected chi connectivity index (χ4v) is 7.67. The molecule has 1 spiro atoms. The van der Waals surface area contributed by atoms with Gasteiger partial charge >= 0.3 is 18.2 Å². The molecule has 252 valence electrons. The highest BCUT2D eigenvalue weighted by Crippen LogP contribution is 2.43. The predicted molar refractivity (Wildman–Crippen MR) is 165 cm³/mol. The van der Waals surface area contributed by atoms with Crippen LogP contribution in [0.1, 0.15) is 105 Å². The first-order valence-electron chi connectivity index (χ1n) is 16.8. The molecule has 45 heavy (non-hydrogen) atoms. The molecular formula is C34H50F3N3O5. The number of carbonyl (C=O) groups is 3. The summed E-state index contributed by atoms with van der Waals surface area (Å²) in [7, 11) is 0. The summed E-state index contributed by atoms with van der Waals surface area (Å²) in [4.78, 5) is 42.1. The Balaban J connectivity index is 0.000000591. The molecule has 1 N–H and O–H groups in total. The van der Waals surface area contributed by atoms with Gasteiger partial charge in [-0.15, -0.1) is 0 Å². The van der Waals surface area contributed by atoms with Crippen molar-refractivity contribution >= 4 is 18.0 Å². The largest absolute Gasteiger partial charge is 0.490 e. The van der Waals surface area contributed by atoms with Gasteiger partial charge in [-0.3, -0.25) is 9.69 Å². The Hall–Kier alpha value is -2.82. The molecule has 4 aliphatic rings. The summed E-state index contributed by atoms with van der Waals surface area (Å²) >= 11 is 0. The Morgan fingerprint density at radius 3 is 2.20 bits per heavy atom. The molecule has 1 unspecified atom stereocenters. The number of halogens is 3. The Morgan fingerprint density at radius 2 is 1.62 bits per heavy atom. The van der Waals surface area contributed by atoms with Crippen molar-refractivity contribution in [1.82, 2.24) is 14.7 Å². The molecule has 5 rings (SSSR count). The maximum absolute atomic E-state index is 13.2. The van der Waals surface area contributed by atoms with Crippen molar-refractivity contribution < 1.29 is 37.4 Å². The van der Waals surface area contributed by atoms with Crippen LogP contribution < -0.4 is 0 Å². The van der Waals surface area contributed by atoms with E-state index < -0.39 is 12.1 Å². The van der Waals surface area contributed by atoms with E-state index in [-0.39, 0.29) is 23.6 Å². The van der Waals surface area contributed by atoms with Gasteiger partial charge in [-0.05, 0) is 69.1 Å². The van der Waals surface area contributed by atoms with Gasteiger partial charge in [0.05, 0.1) is 6.04 Å². The van der Waals surface area contributed by atoms with E-state index in [4.69, 9.17) is 14.6 Å². The normalized spacial score (nSPS) is 23.1. The average molecular weight is 638 g/mol. The number of alkyl halides is 3. The van der Waals surface area contributed by atoms with E-state index in [1.54, 1.807) is 0 Å². The highest BCUT2D eigenvalue weighted by Gasteiger charge is 2.55. The van der Waals surface area contributed by atoms with Crippen molar-refractivity contribution in [3.63, 3.8) is 0 Å². The SMILES string of the molecule is CCCCC1N(CC2CCCCC2)C(=O)OC12CCN(C1CCN(C(=O)c3cccc(C)c3C)CC1)CC2.O=C(O)C(F)(F)F. The first-order chi connectivity index (χ1) is 21.4. The molecule has 1 aromatic carbocycles. The number of carbonyl (C=O) groups excluding carboxylic acids is 2. The predicted octanol–water partition coefficient (Wildman–Crippen LogP) is 6.97. The molecule has 8 nitrogen and oxygen atoms in total. The van der Waals surface area contributed by atoms with Crippen LogP contribution in [0.2, 0.25) is 0 Å². The number of ether oxygens (including phenoxy) is 1. The minimum Gasteiger partial charge on any atom is -0.475 e. The van der Waals surface area contributed by atoms with Gasteiger partial charge in [-0.25, -0.2) is 9.59 Å². The molecule has 0 aromatic heterocycles. The van der Waals surface area contributed by atoms with Gasteiger partial charge in [0.1, 0.15) is 5.60 Å². The van der Waals surface area contributed by atoms with Crippen LogP contribution >= 0.6 is 0 Å². The molecule has 2 amide bonds. The molecule has 0 radical (unpaired) electrons. The number of hydrogen-bond acceptors (Lipinski definition) is 5. The quantitative estimate of drug-likeness (QED) is 0.348. The van der Waals surface area contributed by atoms with Gasteiger partial charge in [-0.1, -0.05) is 51.2 Å². The maximum atomic E-state index is 13.2. The Morgan fingerprint density at radius 1 is 1.00 bits per heavy atom. The fourth-order valence-electron chi connectivity index (χ4n) is 7.67. The number of aliphatic carboxylic acids is 1. The van der Waals surface area contributed by atoms with Gasteiger partial charge in [0, 0.05) is 57.2 Å². The van der Waals surface area contributed by atoms with E-state index in [9.17, 15) is 22.8 Å². The third kappa shape index (κ3) is 8.51. The molecular weight excluding hydrogens is 587 g/mol. The molecule has 4 fully saturated rings. The van der Waals surface area contributed by atoms with Crippen LogP contribution in [0, 0.1) is 19.8 Å². The zero-order chi connectivity index (χ0) is 32.8. The van der Waals surface area contributed by atoms with Gasteiger partial charge in [-0.2, -0.15) is 13.2 Å². The van der Waals surface area contributed by atoms with Gasteiger partial charge in [0.25, 0.3) is 5.91 Å². The van der Waals surface area contributed by atoms with Crippen LogP contribution in [0.25, 0.3) is 0 Å². The summed E-state index contributed by atoms with van der Waals surface area (Å²) in [5, 5.41) is 7.12. The summed E-state index contributed by atoms with van der Waals surface area (Å²) in [6, 6.07) is 6.78. The number of nitrogens with zero attached hydrogens (tertiary/aromatic N) is 3. The lowest BCUT2D eigenvalue weighted by atomic mass is 9.80. The van der Waals surface area contributed by atoms with E-state index in [0.29, 0.717) is 12.0 Å². The van der Waals surface area contributed by atoms with Gasteiger partial charge < -0.3 is 19.6 Å². The lowest BCUT2D eigenvalue weighted by molar-refractivity contribution is -0.192. The molecule has 1 aliphatic carbocycles. The van der Waals surface area contributed by atoms with E-state index in [0.717, 1.165) is 88.8 Å². The molecule has 0 bridgehead atoms. The minimum absolute atomic E-state index is 0.0524. The van der Waals surface area contributed by atoms with E-state index in [1.807, 2.05) is 17.0 Å². The second-order valence-electron chi connectivity index (χ2n) is 13.4. The maximum Gasteiger partial charge on any atom is 0.490 e. The fraction of sp³-hybridized carbons (Fsp3) is 0.735. The molecule has 1 aromatic rings. The second-order valence-corrected chi connectivity index (χ2v) is 13.4. The van der Waals surface area contributed by atoms with Crippen LogP contribution in [0.5, 0.6) is 0 Å². The first-order valence-corrected chi connectivity index (χ1v) is 16.8. The van der Waals surface area contributed by atoms with Crippen molar-refractivity contribution in [3.05, 3.63) is 34.9 Å². The molecule has 1 saturated carbocycles. The minimum atomic E-state index is -5.08. The van der Waals surface area contributed by atoms with Gasteiger partial charge in [0.2, 0.25) is 0 Å². The Bertz CT molecular complexity index is 1170. The van der Waals surface area contributed by atoms with Crippen molar-refractivity contribution in [2.75, 3.05) is 32.7 Å². The monoisotopic (exact) mass is 637 g/mol. The number of unbranched alkanes of at least 4 members (excludes halogenated alkanes) is 1. The van der Waals surface area contributed by atoms with Crippen LogP contribution in [0.4, 0.5) is 18.0 Å². The van der Waals surface area contributed by atoms with Crippen LogP contribution in [-0.2, 0) is 9.53 Å². The van der Waals surface area contributed by atoms with E-state index in [2.05, 4.69) is 36.6 Å². The third-order valence-corrected chi connectivity index (χ3v) is 10.5. The Labute approximate surface area is 265 Å². The van der Waals surface area contributed by atoms with Crippen LogP contribution in [0.15, 0.2) is 18.2 Å². The molecule has 3 saturated heterocycles. The summed E-state index contributed by atoms with van der Waals surface area (Å²) in [6.07, 6.45) is 8.65. The number of aryl methyl sites for hydroxylation is 1. The number of carboxylic acid groups (broad SMARTS) is 1. The third-order valence-electron chi connectivity index (χ3n) is 10.5. The van der Waals surface area contributed by atoms with Crippen molar-refractivity contribution in [2.45, 2.75) is 122 Å². The van der Waals surface area contributed by atoms with E-state index in [1.165, 1.54) is 37.7 Å². The lowest BCUT2D eigenvalue weighted by Gasteiger charge is -2.46. The first kappa shape index (κ1) is 35.0. The molecule has 11 heteroatoms. The van der Waals surface area contributed by atoms with Crippen molar-refractivity contribution in [3.8, 4) is 0 Å². The van der Waals surface area contributed by atoms with E-state index >= 15 is 0 Å². The number of hydrogen-bond donors (Lipinski definition) is 1. The number of amides is 2. The highest BCUT2D eigenvalue weighted by molar-refractivity contribution is 5.96. The smallest absolute Gasteiger partial charge is 0.475 e. The lowest BCUT2D eigenvalue weighted by Crippen LogP contribution is -2.56. The zero-order valence-electron chi connectivity index (χ0n) is 27.0. The van der Waals surface area contributed by atoms with Crippen LogP contribution in [-0.4, -0.2) is 94.4 Å². The number of likely N-dealkylation sites (tertiary alicyclic amines) is 2. The standard InChI is InChI=1S/C32H49N3O3.C2HF3O2/c1-4-5-14-29-32(38-31(37)35(29)23-26-11-7-6-8-12-26)17-21-33(22-18-32)27-15-19-34(20-16-27)30(36)28-13-9-10-24(2)25(28)3;3-2(4,5)1(6)7/h9-10,13,26-27,29H,4-8,11-12,14-23H2,1-3H3;(H,6,7). The second kappa shape index (κ2) is 15.2. The number of carboxylic acids is 1. The molecule has 1 atom stereocenters. The Kier molecular flexibility index (Phi) is 11.8.